The van der Waals surface area contributed by atoms with Gasteiger partial charge in [-0.25, -0.2) is 18.1 Å². The van der Waals surface area contributed by atoms with Crippen molar-refractivity contribution in [2.24, 2.45) is 0 Å². The average molecular weight is 426 g/mol. The Morgan fingerprint density at radius 2 is 1.90 bits per heavy atom. The minimum absolute atomic E-state index is 0.157. The number of nitrogens with one attached hydrogen (secondary N) is 1. The average Bonchev–Trinajstić information content (AvgIpc) is 3.34. The maximum Gasteiger partial charge on any atom is 0.179 e. The van der Waals surface area contributed by atoms with Gasteiger partial charge in [0.15, 0.2) is 15.7 Å². The molecule has 1 aliphatic carbocycles. The molecule has 7 nitrogen and oxygen atoms in total. The normalized spacial score (nSPS) is 15.0. The van der Waals surface area contributed by atoms with Crippen molar-refractivity contribution in [2.75, 3.05) is 6.26 Å². The van der Waals surface area contributed by atoms with Crippen LogP contribution in [-0.2, 0) is 16.4 Å². The first kappa shape index (κ1) is 20.7. The van der Waals surface area contributed by atoms with E-state index in [4.69, 9.17) is 5.10 Å². The molecular formula is C22H27N5O2S. The number of hydrogen-bond donors (Lipinski definition) is 1. The standard InChI is InChI=1S/C22H27N5O2S/c1-15-10-11-17(13-24-15)21-16(2)19(14-25-18-7-4-5-8-18)26-27(21)22-20(30(3,28)29)9-6-12-23-22/h6,9-13,18,25H,4-5,7-8,14H2,1-3H3. The largest absolute Gasteiger partial charge is 0.308 e. The molecule has 0 amide bonds. The highest BCUT2D eigenvalue weighted by Gasteiger charge is 2.24. The summed E-state index contributed by atoms with van der Waals surface area (Å²) in [4.78, 5) is 8.97. The van der Waals surface area contributed by atoms with Gasteiger partial charge < -0.3 is 5.32 Å². The summed E-state index contributed by atoms with van der Waals surface area (Å²) >= 11 is 0. The van der Waals surface area contributed by atoms with Crippen molar-refractivity contribution in [3.05, 3.63) is 53.6 Å². The summed E-state index contributed by atoms with van der Waals surface area (Å²) in [5.41, 5.74) is 4.50. The second-order valence-corrected chi connectivity index (χ2v) is 9.96. The summed E-state index contributed by atoms with van der Waals surface area (Å²) < 4.78 is 26.5. The number of nitrogens with zero attached hydrogens (tertiary/aromatic N) is 4. The fourth-order valence-corrected chi connectivity index (χ4v) is 4.81. The maximum atomic E-state index is 12.4. The molecule has 0 radical (unpaired) electrons. The monoisotopic (exact) mass is 425 g/mol. The molecule has 1 aliphatic rings. The lowest BCUT2D eigenvalue weighted by atomic mass is 10.1. The molecule has 3 aromatic heterocycles. The molecule has 1 N–H and O–H groups in total. The van der Waals surface area contributed by atoms with Gasteiger partial charge in [-0.15, -0.1) is 0 Å². The molecule has 0 aromatic carbocycles. The summed E-state index contributed by atoms with van der Waals surface area (Å²) in [5, 5.41) is 8.42. The van der Waals surface area contributed by atoms with Crippen molar-refractivity contribution < 1.29 is 8.42 Å². The molecule has 0 saturated heterocycles. The summed E-state index contributed by atoms with van der Waals surface area (Å²) in [7, 11) is -3.47. The first-order valence-corrected chi connectivity index (χ1v) is 12.1. The molecule has 1 fully saturated rings. The molecule has 0 unspecified atom stereocenters. The molecule has 30 heavy (non-hydrogen) atoms. The number of hydrogen-bond acceptors (Lipinski definition) is 6. The third kappa shape index (κ3) is 4.15. The first-order chi connectivity index (χ1) is 14.3. The number of sulfone groups is 1. The minimum atomic E-state index is -3.47. The van der Waals surface area contributed by atoms with Crippen molar-refractivity contribution in [1.29, 1.82) is 0 Å². The van der Waals surface area contributed by atoms with Crippen molar-refractivity contribution >= 4 is 9.84 Å². The van der Waals surface area contributed by atoms with Crippen LogP contribution in [0, 0.1) is 13.8 Å². The Balaban J connectivity index is 1.84. The Bertz CT molecular complexity index is 1150. The van der Waals surface area contributed by atoms with Crippen molar-refractivity contribution in [1.82, 2.24) is 25.1 Å². The molecule has 0 spiro atoms. The molecule has 3 aromatic rings. The fourth-order valence-electron chi connectivity index (χ4n) is 4.01. The van der Waals surface area contributed by atoms with Crippen LogP contribution in [0.3, 0.4) is 0 Å². The number of rotatable bonds is 6. The molecule has 3 heterocycles. The summed E-state index contributed by atoms with van der Waals surface area (Å²) in [6.45, 7) is 4.59. The van der Waals surface area contributed by atoms with Gasteiger partial charge in [0, 0.05) is 48.1 Å². The quantitative estimate of drug-likeness (QED) is 0.651. The highest BCUT2D eigenvalue weighted by Crippen LogP contribution is 2.30. The molecule has 8 heteroatoms. The van der Waals surface area contributed by atoms with Crippen LogP contribution in [0.4, 0.5) is 0 Å². The van der Waals surface area contributed by atoms with Crippen LogP contribution in [0.25, 0.3) is 17.1 Å². The highest BCUT2D eigenvalue weighted by atomic mass is 32.2. The minimum Gasteiger partial charge on any atom is -0.308 e. The van der Waals surface area contributed by atoms with Gasteiger partial charge in [-0.1, -0.05) is 12.8 Å². The van der Waals surface area contributed by atoms with E-state index in [-0.39, 0.29) is 4.90 Å². The van der Waals surface area contributed by atoms with Gasteiger partial charge in [-0.05, 0) is 51.0 Å². The van der Waals surface area contributed by atoms with E-state index in [2.05, 4.69) is 15.3 Å². The van der Waals surface area contributed by atoms with E-state index < -0.39 is 9.84 Å². The van der Waals surface area contributed by atoms with Crippen molar-refractivity contribution in [3.63, 3.8) is 0 Å². The van der Waals surface area contributed by atoms with E-state index in [1.807, 2.05) is 26.0 Å². The van der Waals surface area contributed by atoms with E-state index in [1.165, 1.54) is 31.9 Å². The van der Waals surface area contributed by atoms with E-state index in [0.29, 0.717) is 18.4 Å². The summed E-state index contributed by atoms with van der Waals surface area (Å²) in [5.74, 6) is 0.311. The SMILES string of the molecule is Cc1ccc(-c2c(C)c(CNC3CCCC3)nn2-c2ncccc2S(C)(=O)=O)cn1. The summed E-state index contributed by atoms with van der Waals surface area (Å²) in [6, 6.07) is 7.65. The van der Waals surface area contributed by atoms with Gasteiger partial charge in [-0.3, -0.25) is 4.98 Å². The van der Waals surface area contributed by atoms with E-state index in [1.54, 1.807) is 29.2 Å². The van der Waals surface area contributed by atoms with Gasteiger partial charge in [0.1, 0.15) is 4.90 Å². The molecular weight excluding hydrogens is 398 g/mol. The van der Waals surface area contributed by atoms with Crippen LogP contribution >= 0.6 is 0 Å². The van der Waals surface area contributed by atoms with E-state index in [9.17, 15) is 8.42 Å². The second kappa shape index (κ2) is 8.28. The van der Waals surface area contributed by atoms with Crippen molar-refractivity contribution in [2.45, 2.75) is 57.0 Å². The topological polar surface area (TPSA) is 89.8 Å². The third-order valence-corrected chi connectivity index (χ3v) is 6.79. The zero-order chi connectivity index (χ0) is 21.3. The lowest BCUT2D eigenvalue weighted by Gasteiger charge is -2.11. The smallest absolute Gasteiger partial charge is 0.179 e. The highest BCUT2D eigenvalue weighted by molar-refractivity contribution is 7.90. The van der Waals surface area contributed by atoms with Crippen LogP contribution in [0.15, 0.2) is 41.6 Å². The zero-order valence-corrected chi connectivity index (χ0v) is 18.4. The number of pyridine rings is 2. The Morgan fingerprint density at radius 1 is 1.13 bits per heavy atom. The molecule has 0 bridgehead atoms. The zero-order valence-electron chi connectivity index (χ0n) is 17.6. The molecule has 0 atom stereocenters. The van der Waals surface area contributed by atoms with E-state index in [0.717, 1.165) is 28.2 Å². The van der Waals surface area contributed by atoms with Crippen LogP contribution in [0.5, 0.6) is 0 Å². The molecule has 0 aliphatic heterocycles. The van der Waals surface area contributed by atoms with Crippen molar-refractivity contribution in [3.8, 4) is 17.1 Å². The lowest BCUT2D eigenvalue weighted by Crippen LogP contribution is -2.25. The molecule has 1 saturated carbocycles. The number of aromatic nitrogens is 4. The number of aryl methyl sites for hydroxylation is 1. The second-order valence-electron chi connectivity index (χ2n) is 7.98. The predicted octanol–water partition coefficient (Wildman–Crippen LogP) is 3.38. The van der Waals surface area contributed by atoms with Crippen LogP contribution in [-0.4, -0.2) is 40.5 Å². The molecule has 158 valence electrons. The lowest BCUT2D eigenvalue weighted by molar-refractivity contribution is 0.516. The predicted molar refractivity (Wildman–Crippen MR) is 116 cm³/mol. The van der Waals surface area contributed by atoms with E-state index >= 15 is 0 Å². The van der Waals surface area contributed by atoms with Crippen LogP contribution < -0.4 is 5.32 Å². The van der Waals surface area contributed by atoms with Gasteiger partial charge in [-0.2, -0.15) is 5.10 Å². The van der Waals surface area contributed by atoms with Gasteiger partial charge >= 0.3 is 0 Å². The fraction of sp³-hybridized carbons (Fsp3) is 0.409. The van der Waals surface area contributed by atoms with Gasteiger partial charge in [0.25, 0.3) is 0 Å². The molecule has 4 rings (SSSR count). The Labute approximate surface area is 177 Å². The summed E-state index contributed by atoms with van der Waals surface area (Å²) in [6.07, 6.45) is 9.48. The first-order valence-electron chi connectivity index (χ1n) is 10.2. The van der Waals surface area contributed by atoms with Gasteiger partial charge in [0.05, 0.1) is 11.4 Å². The maximum absolute atomic E-state index is 12.4. The van der Waals surface area contributed by atoms with Crippen LogP contribution in [0.1, 0.15) is 42.6 Å². The van der Waals surface area contributed by atoms with Crippen LogP contribution in [0.2, 0.25) is 0 Å². The Hall–Kier alpha value is -2.58. The Morgan fingerprint density at radius 3 is 2.57 bits per heavy atom. The Kier molecular flexibility index (Phi) is 5.71. The van der Waals surface area contributed by atoms with Gasteiger partial charge in [0.2, 0.25) is 0 Å². The third-order valence-electron chi connectivity index (χ3n) is 5.67.